The van der Waals surface area contributed by atoms with E-state index >= 15 is 0 Å². The van der Waals surface area contributed by atoms with E-state index in [1.807, 2.05) is 11.8 Å². The van der Waals surface area contributed by atoms with E-state index in [0.29, 0.717) is 5.92 Å². The lowest BCUT2D eigenvalue weighted by Crippen LogP contribution is -2.43. The monoisotopic (exact) mass is 308 g/mol. The normalized spacial score (nSPS) is 33.0. The molecule has 116 valence electrons. The number of carbonyl (C=O) groups is 1. The van der Waals surface area contributed by atoms with Crippen molar-refractivity contribution in [3.05, 3.63) is 22.4 Å². The molecule has 0 spiro atoms. The molecule has 0 bridgehead atoms. The van der Waals surface area contributed by atoms with Gasteiger partial charge in [0.2, 0.25) is 5.91 Å². The third-order valence-corrected chi connectivity index (χ3v) is 5.57. The van der Waals surface area contributed by atoms with E-state index in [2.05, 4.69) is 29.1 Å². The summed E-state index contributed by atoms with van der Waals surface area (Å²) in [6.45, 7) is 6.63. The van der Waals surface area contributed by atoms with Crippen LogP contribution in [0.1, 0.15) is 44.8 Å². The molecular formula is C16H24N2O2S. The van der Waals surface area contributed by atoms with Crippen LogP contribution in [0.2, 0.25) is 0 Å². The Hall–Kier alpha value is -0.910. The van der Waals surface area contributed by atoms with E-state index in [4.69, 9.17) is 4.74 Å². The molecule has 3 heterocycles. The van der Waals surface area contributed by atoms with Crippen molar-refractivity contribution in [3.63, 3.8) is 0 Å². The molecule has 1 amide bonds. The van der Waals surface area contributed by atoms with Gasteiger partial charge in [-0.1, -0.05) is 6.92 Å². The number of nitrogens with one attached hydrogen (secondary N) is 1. The van der Waals surface area contributed by atoms with E-state index in [1.54, 1.807) is 11.3 Å². The fourth-order valence-electron chi connectivity index (χ4n) is 3.19. The highest BCUT2D eigenvalue weighted by Crippen LogP contribution is 2.34. The molecule has 0 saturated carbocycles. The van der Waals surface area contributed by atoms with Crippen LogP contribution in [0.4, 0.5) is 0 Å². The van der Waals surface area contributed by atoms with Crippen molar-refractivity contribution in [3.8, 4) is 0 Å². The summed E-state index contributed by atoms with van der Waals surface area (Å²) >= 11 is 1.68. The van der Waals surface area contributed by atoms with E-state index < -0.39 is 5.54 Å². The van der Waals surface area contributed by atoms with Crippen molar-refractivity contribution < 1.29 is 9.53 Å². The Bertz CT molecular complexity index is 484. The predicted octanol–water partition coefficient (Wildman–Crippen LogP) is 2.77. The summed E-state index contributed by atoms with van der Waals surface area (Å²) in [5.41, 5.74) is 0.770. The molecule has 21 heavy (non-hydrogen) atoms. The summed E-state index contributed by atoms with van der Waals surface area (Å²) in [6.07, 6.45) is 3.00. The Morgan fingerprint density at radius 2 is 2.43 bits per heavy atom. The molecule has 2 fully saturated rings. The summed E-state index contributed by atoms with van der Waals surface area (Å²) in [4.78, 5) is 14.8. The minimum atomic E-state index is -0.432. The molecule has 0 aliphatic carbocycles. The van der Waals surface area contributed by atoms with E-state index in [1.165, 1.54) is 5.56 Å². The van der Waals surface area contributed by atoms with Crippen LogP contribution in [-0.4, -0.2) is 36.1 Å². The average molecular weight is 308 g/mol. The summed E-state index contributed by atoms with van der Waals surface area (Å²) in [7, 11) is 0. The van der Waals surface area contributed by atoms with Crippen LogP contribution in [-0.2, 0) is 9.53 Å². The van der Waals surface area contributed by atoms with Crippen molar-refractivity contribution in [2.45, 2.75) is 44.8 Å². The minimum absolute atomic E-state index is 0.0241. The standard InChI is InChI=1S/C16H24N2O2S/c1-3-16(2)15(19)18(7-4-12-5-8-20-10-12)14(17-16)13-6-9-21-11-13/h6,9,11-12,14,17H,3-5,7-8,10H2,1-2H3. The van der Waals surface area contributed by atoms with Crippen molar-refractivity contribution >= 4 is 17.2 Å². The summed E-state index contributed by atoms with van der Waals surface area (Å²) < 4.78 is 5.44. The van der Waals surface area contributed by atoms with Crippen LogP contribution in [0.25, 0.3) is 0 Å². The quantitative estimate of drug-likeness (QED) is 0.909. The molecule has 2 aliphatic rings. The maximum absolute atomic E-state index is 12.8. The van der Waals surface area contributed by atoms with Gasteiger partial charge in [0, 0.05) is 19.8 Å². The zero-order chi connectivity index (χ0) is 14.9. The van der Waals surface area contributed by atoms with Crippen LogP contribution in [0.3, 0.4) is 0 Å². The molecule has 1 aromatic rings. The van der Waals surface area contributed by atoms with Crippen LogP contribution < -0.4 is 5.32 Å². The highest BCUT2D eigenvalue weighted by atomic mass is 32.1. The van der Waals surface area contributed by atoms with Crippen molar-refractivity contribution in [1.82, 2.24) is 10.2 Å². The van der Waals surface area contributed by atoms with Gasteiger partial charge in [-0.05, 0) is 54.5 Å². The van der Waals surface area contributed by atoms with Gasteiger partial charge in [-0.25, -0.2) is 0 Å². The minimum Gasteiger partial charge on any atom is -0.381 e. The van der Waals surface area contributed by atoms with E-state index in [9.17, 15) is 4.79 Å². The summed E-state index contributed by atoms with van der Waals surface area (Å²) in [6, 6.07) is 2.11. The fourth-order valence-corrected chi connectivity index (χ4v) is 3.86. The topological polar surface area (TPSA) is 41.6 Å². The van der Waals surface area contributed by atoms with Gasteiger partial charge in [0.1, 0.15) is 6.17 Å². The number of hydrogen-bond acceptors (Lipinski definition) is 4. The van der Waals surface area contributed by atoms with Crippen molar-refractivity contribution in [2.24, 2.45) is 5.92 Å². The Balaban J connectivity index is 1.74. The molecule has 1 N–H and O–H groups in total. The lowest BCUT2D eigenvalue weighted by molar-refractivity contribution is -0.133. The van der Waals surface area contributed by atoms with Gasteiger partial charge in [-0.2, -0.15) is 11.3 Å². The van der Waals surface area contributed by atoms with Gasteiger partial charge >= 0.3 is 0 Å². The van der Waals surface area contributed by atoms with Gasteiger partial charge in [0.05, 0.1) is 5.54 Å². The number of nitrogens with zero attached hydrogens (tertiary/aromatic N) is 1. The van der Waals surface area contributed by atoms with E-state index in [-0.39, 0.29) is 12.1 Å². The SMILES string of the molecule is CCC1(C)NC(c2ccsc2)N(CCC2CCOC2)C1=O. The predicted molar refractivity (Wildman–Crippen MR) is 84.1 cm³/mol. The first-order valence-corrected chi connectivity index (χ1v) is 8.77. The zero-order valence-corrected chi connectivity index (χ0v) is 13.6. The van der Waals surface area contributed by atoms with Crippen LogP contribution in [0, 0.1) is 5.92 Å². The molecule has 4 nitrogen and oxygen atoms in total. The number of carbonyl (C=O) groups excluding carboxylic acids is 1. The molecule has 0 aromatic carbocycles. The van der Waals surface area contributed by atoms with Gasteiger partial charge in [-0.3, -0.25) is 10.1 Å². The molecule has 1 aromatic heterocycles. The first kappa shape index (κ1) is 15.0. The number of thiophene rings is 1. The Morgan fingerprint density at radius 1 is 1.57 bits per heavy atom. The molecule has 3 unspecified atom stereocenters. The fraction of sp³-hybridized carbons (Fsp3) is 0.688. The number of amides is 1. The Kier molecular flexibility index (Phi) is 4.33. The lowest BCUT2D eigenvalue weighted by atomic mass is 9.99. The molecular weight excluding hydrogens is 284 g/mol. The van der Waals surface area contributed by atoms with Gasteiger partial charge in [0.15, 0.2) is 0 Å². The summed E-state index contributed by atoms with van der Waals surface area (Å²) in [5.74, 6) is 0.842. The first-order chi connectivity index (χ1) is 10.1. The zero-order valence-electron chi connectivity index (χ0n) is 12.8. The van der Waals surface area contributed by atoms with Crippen LogP contribution >= 0.6 is 11.3 Å². The second kappa shape index (κ2) is 6.07. The second-order valence-electron chi connectivity index (χ2n) is 6.31. The average Bonchev–Trinajstić information content (AvgIpc) is 3.21. The molecule has 0 radical (unpaired) electrons. The Labute approximate surface area is 130 Å². The van der Waals surface area contributed by atoms with Gasteiger partial charge in [-0.15, -0.1) is 0 Å². The highest BCUT2D eigenvalue weighted by molar-refractivity contribution is 7.07. The largest absolute Gasteiger partial charge is 0.381 e. The summed E-state index contributed by atoms with van der Waals surface area (Å²) in [5, 5.41) is 7.76. The molecule has 2 aliphatic heterocycles. The molecule has 3 rings (SSSR count). The number of rotatable bonds is 5. The highest BCUT2D eigenvalue weighted by Gasteiger charge is 2.47. The van der Waals surface area contributed by atoms with Gasteiger partial charge in [0.25, 0.3) is 0 Å². The lowest BCUT2D eigenvalue weighted by Gasteiger charge is -2.24. The van der Waals surface area contributed by atoms with Crippen molar-refractivity contribution in [1.29, 1.82) is 0 Å². The Morgan fingerprint density at radius 3 is 3.05 bits per heavy atom. The van der Waals surface area contributed by atoms with Crippen LogP contribution in [0.15, 0.2) is 16.8 Å². The third kappa shape index (κ3) is 2.87. The molecule has 3 atom stereocenters. The maximum atomic E-state index is 12.8. The van der Waals surface area contributed by atoms with Crippen molar-refractivity contribution in [2.75, 3.05) is 19.8 Å². The smallest absolute Gasteiger partial charge is 0.244 e. The molecule has 5 heteroatoms. The first-order valence-electron chi connectivity index (χ1n) is 7.82. The molecule has 2 saturated heterocycles. The number of hydrogen-bond donors (Lipinski definition) is 1. The maximum Gasteiger partial charge on any atom is 0.244 e. The third-order valence-electron chi connectivity index (χ3n) is 4.87. The second-order valence-corrected chi connectivity index (χ2v) is 7.09. The number of ether oxygens (including phenoxy) is 1. The van der Waals surface area contributed by atoms with Gasteiger partial charge < -0.3 is 9.64 Å². The van der Waals surface area contributed by atoms with Crippen LogP contribution in [0.5, 0.6) is 0 Å². The van der Waals surface area contributed by atoms with E-state index in [0.717, 1.165) is 39.0 Å².